The summed E-state index contributed by atoms with van der Waals surface area (Å²) in [5.41, 5.74) is 1.66. The van der Waals surface area contributed by atoms with Crippen molar-refractivity contribution in [3.63, 3.8) is 0 Å². The van der Waals surface area contributed by atoms with Gasteiger partial charge < -0.3 is 10.6 Å². The van der Waals surface area contributed by atoms with Crippen molar-refractivity contribution in [1.82, 2.24) is 10.6 Å². The molecule has 1 rings (SSSR count). The summed E-state index contributed by atoms with van der Waals surface area (Å²) in [5.74, 6) is -0.204. The zero-order chi connectivity index (χ0) is 14.3. The number of hydrogen-bond acceptors (Lipinski definition) is 2. The highest BCUT2D eigenvalue weighted by Gasteiger charge is 2.07. The molecule has 0 heterocycles. The molecule has 0 aromatic heterocycles. The number of carbonyl (C=O) groups is 2. The quantitative estimate of drug-likeness (QED) is 0.787. The summed E-state index contributed by atoms with van der Waals surface area (Å²) >= 11 is 3.35. The molecule has 0 radical (unpaired) electrons. The molecule has 0 saturated carbocycles. The SMILES string of the molecule is CC(C)NC(=O)CCNC(=O)c1cccc(CBr)c1. The predicted octanol–water partition coefficient (Wildman–Crippen LogP) is 2.23. The second kappa shape index (κ2) is 7.94. The summed E-state index contributed by atoms with van der Waals surface area (Å²) < 4.78 is 0. The van der Waals surface area contributed by atoms with E-state index in [1.54, 1.807) is 6.07 Å². The van der Waals surface area contributed by atoms with Crippen LogP contribution in [0.3, 0.4) is 0 Å². The summed E-state index contributed by atoms with van der Waals surface area (Å²) in [7, 11) is 0. The van der Waals surface area contributed by atoms with Gasteiger partial charge in [-0.3, -0.25) is 9.59 Å². The average molecular weight is 327 g/mol. The Morgan fingerprint density at radius 1 is 1.32 bits per heavy atom. The minimum atomic E-state index is -0.153. The van der Waals surface area contributed by atoms with Gasteiger partial charge in [-0.05, 0) is 31.5 Å². The third-order valence-electron chi connectivity index (χ3n) is 2.43. The number of alkyl halides is 1. The van der Waals surface area contributed by atoms with E-state index < -0.39 is 0 Å². The van der Waals surface area contributed by atoms with Gasteiger partial charge >= 0.3 is 0 Å². The summed E-state index contributed by atoms with van der Waals surface area (Å²) in [4.78, 5) is 23.3. The maximum absolute atomic E-state index is 11.9. The highest BCUT2D eigenvalue weighted by Crippen LogP contribution is 2.08. The van der Waals surface area contributed by atoms with Crippen molar-refractivity contribution in [3.8, 4) is 0 Å². The van der Waals surface area contributed by atoms with Gasteiger partial charge in [0.05, 0.1) is 0 Å². The van der Waals surface area contributed by atoms with Gasteiger partial charge in [-0.1, -0.05) is 28.1 Å². The molecule has 0 aliphatic carbocycles. The lowest BCUT2D eigenvalue weighted by atomic mass is 10.1. The van der Waals surface area contributed by atoms with E-state index in [0.717, 1.165) is 5.56 Å². The molecule has 0 unspecified atom stereocenters. The Kier molecular flexibility index (Phi) is 6.56. The van der Waals surface area contributed by atoms with Crippen molar-refractivity contribution >= 4 is 27.7 Å². The number of carbonyl (C=O) groups excluding carboxylic acids is 2. The minimum Gasteiger partial charge on any atom is -0.354 e. The Morgan fingerprint density at radius 2 is 2.05 bits per heavy atom. The third-order valence-corrected chi connectivity index (χ3v) is 3.08. The van der Waals surface area contributed by atoms with Crippen molar-refractivity contribution in [3.05, 3.63) is 35.4 Å². The molecule has 5 heteroatoms. The van der Waals surface area contributed by atoms with Crippen LogP contribution in [-0.2, 0) is 10.1 Å². The lowest BCUT2D eigenvalue weighted by Crippen LogP contribution is -2.34. The molecule has 1 aromatic carbocycles. The lowest BCUT2D eigenvalue weighted by molar-refractivity contribution is -0.121. The Bertz CT molecular complexity index is 447. The van der Waals surface area contributed by atoms with Crippen LogP contribution in [0.2, 0.25) is 0 Å². The van der Waals surface area contributed by atoms with Crippen LogP contribution >= 0.6 is 15.9 Å². The van der Waals surface area contributed by atoms with E-state index in [4.69, 9.17) is 0 Å². The van der Waals surface area contributed by atoms with Crippen LogP contribution in [0.25, 0.3) is 0 Å². The second-order valence-corrected chi connectivity index (χ2v) is 5.12. The lowest BCUT2D eigenvalue weighted by Gasteiger charge is -2.09. The Labute approximate surface area is 122 Å². The fourth-order valence-electron chi connectivity index (χ4n) is 1.58. The largest absolute Gasteiger partial charge is 0.354 e. The molecule has 19 heavy (non-hydrogen) atoms. The molecule has 4 nitrogen and oxygen atoms in total. The van der Waals surface area contributed by atoms with Crippen molar-refractivity contribution in [2.24, 2.45) is 0 Å². The summed E-state index contributed by atoms with van der Waals surface area (Å²) in [6, 6.07) is 7.51. The summed E-state index contributed by atoms with van der Waals surface area (Å²) in [6.45, 7) is 4.15. The van der Waals surface area contributed by atoms with E-state index in [9.17, 15) is 9.59 Å². The molecular weight excluding hydrogens is 308 g/mol. The van der Waals surface area contributed by atoms with Gasteiger partial charge in [0.25, 0.3) is 5.91 Å². The minimum absolute atomic E-state index is 0.0514. The summed E-state index contributed by atoms with van der Waals surface area (Å²) in [5, 5.41) is 6.23. The molecule has 0 bridgehead atoms. The van der Waals surface area contributed by atoms with Crippen LogP contribution < -0.4 is 10.6 Å². The second-order valence-electron chi connectivity index (χ2n) is 4.56. The first kappa shape index (κ1) is 15.7. The van der Waals surface area contributed by atoms with Gasteiger partial charge in [-0.25, -0.2) is 0 Å². The Hall–Kier alpha value is -1.36. The predicted molar refractivity (Wildman–Crippen MR) is 79.3 cm³/mol. The van der Waals surface area contributed by atoms with E-state index in [2.05, 4.69) is 26.6 Å². The number of rotatable bonds is 6. The fourth-order valence-corrected chi connectivity index (χ4v) is 1.93. The van der Waals surface area contributed by atoms with E-state index in [-0.39, 0.29) is 17.9 Å². The number of hydrogen-bond donors (Lipinski definition) is 2. The topological polar surface area (TPSA) is 58.2 Å². The third kappa shape index (κ3) is 5.87. The van der Waals surface area contributed by atoms with Crippen LogP contribution in [0.1, 0.15) is 36.2 Å². The van der Waals surface area contributed by atoms with Gasteiger partial charge in [-0.2, -0.15) is 0 Å². The first-order chi connectivity index (χ1) is 9.02. The highest BCUT2D eigenvalue weighted by atomic mass is 79.9. The number of nitrogens with one attached hydrogen (secondary N) is 2. The zero-order valence-corrected chi connectivity index (χ0v) is 12.8. The van der Waals surface area contributed by atoms with E-state index >= 15 is 0 Å². The molecule has 0 aliphatic rings. The smallest absolute Gasteiger partial charge is 0.251 e. The van der Waals surface area contributed by atoms with Gasteiger partial charge in [0.2, 0.25) is 5.91 Å². The maximum atomic E-state index is 11.9. The van der Waals surface area contributed by atoms with Crippen LogP contribution in [-0.4, -0.2) is 24.4 Å². The molecule has 0 aliphatic heterocycles. The molecule has 2 N–H and O–H groups in total. The van der Waals surface area contributed by atoms with Gasteiger partial charge in [0.15, 0.2) is 0 Å². The first-order valence-corrected chi connectivity index (χ1v) is 7.37. The standard InChI is InChI=1S/C14H19BrN2O2/c1-10(2)17-13(18)6-7-16-14(19)12-5-3-4-11(8-12)9-15/h3-5,8,10H,6-7,9H2,1-2H3,(H,16,19)(H,17,18). The van der Waals surface area contributed by atoms with Crippen molar-refractivity contribution in [2.75, 3.05) is 6.54 Å². The molecule has 2 amide bonds. The average Bonchev–Trinajstić information content (AvgIpc) is 2.37. The van der Waals surface area contributed by atoms with Gasteiger partial charge in [0.1, 0.15) is 0 Å². The Balaban J connectivity index is 2.40. The van der Waals surface area contributed by atoms with Crippen LogP contribution in [0.15, 0.2) is 24.3 Å². The van der Waals surface area contributed by atoms with Crippen LogP contribution in [0.5, 0.6) is 0 Å². The molecule has 104 valence electrons. The normalized spacial score (nSPS) is 10.3. The van der Waals surface area contributed by atoms with Crippen molar-refractivity contribution in [1.29, 1.82) is 0 Å². The number of benzene rings is 1. The number of amides is 2. The maximum Gasteiger partial charge on any atom is 0.251 e. The zero-order valence-electron chi connectivity index (χ0n) is 11.2. The van der Waals surface area contributed by atoms with Gasteiger partial charge in [-0.15, -0.1) is 0 Å². The van der Waals surface area contributed by atoms with E-state index in [0.29, 0.717) is 23.9 Å². The highest BCUT2D eigenvalue weighted by molar-refractivity contribution is 9.08. The number of halogens is 1. The van der Waals surface area contributed by atoms with E-state index in [1.807, 2.05) is 32.0 Å². The summed E-state index contributed by atoms with van der Waals surface area (Å²) in [6.07, 6.45) is 0.294. The van der Waals surface area contributed by atoms with Crippen LogP contribution in [0, 0.1) is 0 Å². The molecule has 1 aromatic rings. The molecule has 0 spiro atoms. The van der Waals surface area contributed by atoms with Crippen LogP contribution in [0.4, 0.5) is 0 Å². The monoisotopic (exact) mass is 326 g/mol. The first-order valence-electron chi connectivity index (χ1n) is 6.25. The fraction of sp³-hybridized carbons (Fsp3) is 0.429. The molecule has 0 fully saturated rings. The van der Waals surface area contributed by atoms with E-state index in [1.165, 1.54) is 0 Å². The van der Waals surface area contributed by atoms with Crippen molar-refractivity contribution in [2.45, 2.75) is 31.6 Å². The molecular formula is C14H19BrN2O2. The molecule has 0 saturated heterocycles. The Morgan fingerprint density at radius 3 is 2.68 bits per heavy atom. The van der Waals surface area contributed by atoms with Crippen molar-refractivity contribution < 1.29 is 9.59 Å². The van der Waals surface area contributed by atoms with Gasteiger partial charge in [0, 0.05) is 29.9 Å². The molecule has 0 atom stereocenters.